The maximum atomic E-state index is 13.3. The first-order valence-electron chi connectivity index (χ1n) is 10.4. The highest BCUT2D eigenvalue weighted by atomic mass is 19.1. The molecule has 30 heavy (non-hydrogen) atoms. The fourth-order valence-electron chi connectivity index (χ4n) is 3.81. The molecule has 0 bridgehead atoms. The third-order valence-corrected chi connectivity index (χ3v) is 5.39. The molecule has 3 rings (SSSR count). The highest BCUT2D eigenvalue weighted by Gasteiger charge is 2.26. The topological polar surface area (TPSA) is 64.3 Å². The molecule has 0 radical (unpaired) electrons. The summed E-state index contributed by atoms with van der Waals surface area (Å²) in [5, 5.41) is 2.76. The van der Waals surface area contributed by atoms with Gasteiger partial charge in [0.25, 0.3) is 5.91 Å². The molecule has 1 aliphatic rings. The van der Waals surface area contributed by atoms with Gasteiger partial charge in [0.2, 0.25) is 0 Å². The second-order valence-electron chi connectivity index (χ2n) is 7.72. The number of carbonyl (C=O) groups excluding carboxylic acids is 2. The first-order valence-corrected chi connectivity index (χ1v) is 10.4. The van der Waals surface area contributed by atoms with Gasteiger partial charge in [0, 0.05) is 16.8 Å². The van der Waals surface area contributed by atoms with Gasteiger partial charge in [-0.1, -0.05) is 6.07 Å². The standard InChI is InChI=1S/C23H28FN3O3/c1-3-30-22-8-7-18(17(2)28)13-19(22)15-26-9-11-27(12-10-26)16-23(29)25-21-6-4-5-20(24)14-21/h4-8,13-14H,3,9-12,15-16H2,1-2H3,(H,25,29)/p+2. The number of ether oxygens (including phenoxy) is 1. The normalized spacial score (nSPS) is 18.6. The summed E-state index contributed by atoms with van der Waals surface area (Å²) < 4.78 is 19.0. The second-order valence-corrected chi connectivity index (χ2v) is 7.72. The summed E-state index contributed by atoms with van der Waals surface area (Å²) in [5.41, 5.74) is 2.23. The Morgan fingerprint density at radius 2 is 1.80 bits per heavy atom. The second kappa shape index (κ2) is 10.3. The van der Waals surface area contributed by atoms with Gasteiger partial charge in [-0.05, 0) is 50.2 Å². The van der Waals surface area contributed by atoms with Crippen molar-refractivity contribution in [2.75, 3.05) is 44.6 Å². The van der Waals surface area contributed by atoms with Crippen molar-refractivity contribution < 1.29 is 28.5 Å². The molecule has 0 spiro atoms. The Labute approximate surface area is 176 Å². The Morgan fingerprint density at radius 3 is 2.47 bits per heavy atom. The summed E-state index contributed by atoms with van der Waals surface area (Å²) in [6, 6.07) is 11.6. The van der Waals surface area contributed by atoms with Gasteiger partial charge in [-0.25, -0.2) is 4.39 Å². The van der Waals surface area contributed by atoms with E-state index in [0.29, 0.717) is 24.4 Å². The Bertz CT molecular complexity index is 895. The highest BCUT2D eigenvalue weighted by Crippen LogP contribution is 2.20. The van der Waals surface area contributed by atoms with Crippen LogP contribution < -0.4 is 19.9 Å². The first kappa shape index (κ1) is 21.9. The van der Waals surface area contributed by atoms with Crippen LogP contribution in [0.2, 0.25) is 0 Å². The van der Waals surface area contributed by atoms with Crippen LogP contribution in [-0.4, -0.2) is 51.0 Å². The van der Waals surface area contributed by atoms with Gasteiger partial charge in [-0.15, -0.1) is 0 Å². The minimum absolute atomic E-state index is 0.0490. The molecule has 3 N–H and O–H groups in total. The van der Waals surface area contributed by atoms with Crippen LogP contribution in [-0.2, 0) is 11.3 Å². The molecule has 1 fully saturated rings. The Hall–Kier alpha value is -2.77. The molecular formula is C23H30FN3O3+2. The summed E-state index contributed by atoms with van der Waals surface area (Å²) in [6.07, 6.45) is 0. The fraction of sp³-hybridized carbons (Fsp3) is 0.391. The quantitative estimate of drug-likeness (QED) is 0.545. The van der Waals surface area contributed by atoms with Gasteiger partial charge in [0.15, 0.2) is 12.3 Å². The van der Waals surface area contributed by atoms with Crippen LogP contribution in [0.5, 0.6) is 5.75 Å². The summed E-state index contributed by atoms with van der Waals surface area (Å²) in [7, 11) is 0. The smallest absolute Gasteiger partial charge is 0.279 e. The lowest BCUT2D eigenvalue weighted by Crippen LogP contribution is -3.28. The van der Waals surface area contributed by atoms with Crippen molar-refractivity contribution in [3.63, 3.8) is 0 Å². The largest absolute Gasteiger partial charge is 0.493 e. The Morgan fingerprint density at radius 1 is 1.07 bits per heavy atom. The van der Waals surface area contributed by atoms with Crippen LogP contribution >= 0.6 is 0 Å². The number of amides is 1. The zero-order valence-electron chi connectivity index (χ0n) is 17.6. The molecule has 0 unspecified atom stereocenters. The van der Waals surface area contributed by atoms with E-state index in [1.165, 1.54) is 21.9 Å². The lowest BCUT2D eigenvalue weighted by atomic mass is 10.1. The number of carbonyl (C=O) groups is 2. The maximum Gasteiger partial charge on any atom is 0.279 e. The molecular weight excluding hydrogens is 385 g/mol. The number of anilines is 1. The maximum absolute atomic E-state index is 13.3. The van der Waals surface area contributed by atoms with E-state index in [0.717, 1.165) is 44.0 Å². The summed E-state index contributed by atoms with van der Waals surface area (Å²) in [4.78, 5) is 26.6. The van der Waals surface area contributed by atoms with Crippen molar-refractivity contribution in [2.45, 2.75) is 20.4 Å². The number of piperazine rings is 1. The van der Waals surface area contributed by atoms with Crippen molar-refractivity contribution in [2.24, 2.45) is 0 Å². The van der Waals surface area contributed by atoms with Crippen molar-refractivity contribution >= 4 is 17.4 Å². The number of rotatable bonds is 8. The number of hydrogen-bond donors (Lipinski definition) is 3. The molecule has 0 aliphatic carbocycles. The number of hydrogen-bond acceptors (Lipinski definition) is 3. The lowest BCUT2D eigenvalue weighted by molar-refractivity contribution is -1.02. The molecule has 0 saturated carbocycles. The van der Waals surface area contributed by atoms with Crippen molar-refractivity contribution in [3.05, 3.63) is 59.4 Å². The summed E-state index contributed by atoms with van der Waals surface area (Å²) >= 11 is 0. The van der Waals surface area contributed by atoms with E-state index in [4.69, 9.17) is 4.74 Å². The van der Waals surface area contributed by atoms with E-state index in [-0.39, 0.29) is 17.5 Å². The van der Waals surface area contributed by atoms with Crippen molar-refractivity contribution in [3.8, 4) is 5.75 Å². The monoisotopic (exact) mass is 415 g/mol. The van der Waals surface area contributed by atoms with E-state index < -0.39 is 0 Å². The SMILES string of the molecule is CCOc1ccc(C(C)=O)cc1C[NH+]1CC[NH+](CC(=O)Nc2cccc(F)c2)CC1. The third-order valence-electron chi connectivity index (χ3n) is 5.39. The first-order chi connectivity index (χ1) is 14.4. The predicted molar refractivity (Wildman–Crippen MR) is 113 cm³/mol. The van der Waals surface area contributed by atoms with Crippen LogP contribution in [0.25, 0.3) is 0 Å². The predicted octanol–water partition coefficient (Wildman–Crippen LogP) is 0.349. The number of nitrogens with one attached hydrogen (secondary N) is 3. The molecule has 2 aromatic rings. The van der Waals surface area contributed by atoms with Crippen LogP contribution in [0.1, 0.15) is 29.8 Å². The molecule has 0 aromatic heterocycles. The number of quaternary nitrogens is 2. The molecule has 1 heterocycles. The molecule has 1 aliphatic heterocycles. The Balaban J connectivity index is 1.52. The molecule has 2 aromatic carbocycles. The molecule has 7 heteroatoms. The van der Waals surface area contributed by atoms with Gasteiger partial charge < -0.3 is 19.9 Å². The van der Waals surface area contributed by atoms with E-state index in [2.05, 4.69) is 5.32 Å². The third kappa shape index (κ3) is 6.11. The Kier molecular flexibility index (Phi) is 7.54. The lowest BCUT2D eigenvalue weighted by Gasteiger charge is -2.29. The minimum atomic E-state index is -0.363. The number of benzene rings is 2. The molecule has 1 amide bonds. The van der Waals surface area contributed by atoms with Gasteiger partial charge in [0.1, 0.15) is 44.3 Å². The van der Waals surface area contributed by atoms with Gasteiger partial charge in [-0.2, -0.15) is 0 Å². The average Bonchev–Trinajstić information content (AvgIpc) is 2.70. The fourth-order valence-corrected chi connectivity index (χ4v) is 3.81. The highest BCUT2D eigenvalue weighted by molar-refractivity contribution is 5.94. The van der Waals surface area contributed by atoms with E-state index in [1.54, 1.807) is 19.1 Å². The summed E-state index contributed by atoms with van der Waals surface area (Å²) in [5.74, 6) is 0.414. The zero-order valence-corrected chi connectivity index (χ0v) is 17.6. The molecule has 0 atom stereocenters. The van der Waals surface area contributed by atoms with E-state index in [1.807, 2.05) is 25.1 Å². The van der Waals surface area contributed by atoms with Gasteiger partial charge in [-0.3, -0.25) is 9.59 Å². The summed E-state index contributed by atoms with van der Waals surface area (Å²) in [6.45, 7) is 8.88. The van der Waals surface area contributed by atoms with E-state index in [9.17, 15) is 14.0 Å². The van der Waals surface area contributed by atoms with Crippen LogP contribution in [0.4, 0.5) is 10.1 Å². The zero-order chi connectivity index (χ0) is 21.5. The average molecular weight is 416 g/mol. The molecule has 6 nitrogen and oxygen atoms in total. The van der Waals surface area contributed by atoms with Gasteiger partial charge in [0.05, 0.1) is 6.61 Å². The number of halogens is 1. The number of Topliss-reactive ketones (excluding diaryl/α,β-unsaturated/α-hetero) is 1. The molecule has 1 saturated heterocycles. The van der Waals surface area contributed by atoms with Crippen LogP contribution in [0, 0.1) is 5.82 Å². The molecule has 160 valence electrons. The van der Waals surface area contributed by atoms with Gasteiger partial charge >= 0.3 is 0 Å². The van der Waals surface area contributed by atoms with Crippen molar-refractivity contribution in [1.29, 1.82) is 0 Å². The van der Waals surface area contributed by atoms with Crippen molar-refractivity contribution in [1.82, 2.24) is 0 Å². The number of ketones is 1. The minimum Gasteiger partial charge on any atom is -0.493 e. The van der Waals surface area contributed by atoms with Crippen LogP contribution in [0.3, 0.4) is 0 Å². The van der Waals surface area contributed by atoms with E-state index >= 15 is 0 Å². The van der Waals surface area contributed by atoms with Crippen LogP contribution in [0.15, 0.2) is 42.5 Å².